The van der Waals surface area contributed by atoms with Gasteiger partial charge in [-0.05, 0) is 42.8 Å². The molecule has 0 aliphatic heterocycles. The van der Waals surface area contributed by atoms with Crippen molar-refractivity contribution in [2.24, 2.45) is 0 Å². The Hall–Kier alpha value is -2.54. The minimum atomic E-state index is -3.88. The molecule has 0 spiro atoms. The van der Waals surface area contributed by atoms with E-state index in [0.29, 0.717) is 11.3 Å². The van der Waals surface area contributed by atoms with Crippen molar-refractivity contribution < 1.29 is 23.1 Å². The number of rotatable bonds is 5. The first-order chi connectivity index (χ1) is 10.3. The van der Waals surface area contributed by atoms with Crippen LogP contribution >= 0.6 is 0 Å². The zero-order valence-corrected chi connectivity index (χ0v) is 12.8. The summed E-state index contributed by atoms with van der Waals surface area (Å²) in [7, 11) is -2.40. The van der Waals surface area contributed by atoms with E-state index in [0.717, 1.165) is 0 Å². The summed E-state index contributed by atoms with van der Waals surface area (Å²) in [5.41, 5.74) is 0.435. The lowest BCUT2D eigenvalue weighted by atomic mass is 10.1. The Kier molecular flexibility index (Phi) is 4.37. The van der Waals surface area contributed by atoms with Crippen LogP contribution in [0.5, 0.6) is 5.75 Å². The molecule has 2 N–H and O–H groups in total. The van der Waals surface area contributed by atoms with Gasteiger partial charge in [0.25, 0.3) is 10.0 Å². The Labute approximate surface area is 128 Å². The number of aromatic carboxylic acids is 1. The maximum Gasteiger partial charge on any atom is 0.338 e. The second-order valence-electron chi connectivity index (χ2n) is 4.58. The summed E-state index contributed by atoms with van der Waals surface area (Å²) < 4.78 is 32.0. The molecule has 0 saturated heterocycles. The predicted octanol–water partition coefficient (Wildman–Crippen LogP) is 2.50. The minimum Gasteiger partial charge on any atom is -0.497 e. The van der Waals surface area contributed by atoms with Crippen molar-refractivity contribution >= 4 is 21.7 Å². The molecule has 22 heavy (non-hydrogen) atoms. The van der Waals surface area contributed by atoms with Crippen molar-refractivity contribution in [3.63, 3.8) is 0 Å². The van der Waals surface area contributed by atoms with E-state index in [4.69, 9.17) is 4.74 Å². The molecule has 0 aliphatic carbocycles. The highest BCUT2D eigenvalue weighted by Gasteiger charge is 2.19. The second-order valence-corrected chi connectivity index (χ2v) is 6.27. The van der Waals surface area contributed by atoms with Crippen molar-refractivity contribution in [3.8, 4) is 5.75 Å². The largest absolute Gasteiger partial charge is 0.497 e. The zero-order chi connectivity index (χ0) is 16.3. The number of nitrogens with one attached hydrogen (secondary N) is 1. The Morgan fingerprint density at radius 2 is 1.77 bits per heavy atom. The fourth-order valence-corrected chi connectivity index (χ4v) is 3.07. The lowest BCUT2D eigenvalue weighted by Gasteiger charge is -2.12. The number of aryl methyl sites for hydroxylation is 1. The quantitative estimate of drug-likeness (QED) is 0.882. The van der Waals surface area contributed by atoms with Gasteiger partial charge in [-0.2, -0.15) is 0 Å². The van der Waals surface area contributed by atoms with Gasteiger partial charge in [-0.25, -0.2) is 13.2 Å². The lowest BCUT2D eigenvalue weighted by molar-refractivity contribution is 0.0697. The first-order valence-electron chi connectivity index (χ1n) is 6.35. The topological polar surface area (TPSA) is 92.7 Å². The summed E-state index contributed by atoms with van der Waals surface area (Å²) in [5, 5.41) is 9.23. The van der Waals surface area contributed by atoms with Gasteiger partial charge in [-0.3, -0.25) is 4.72 Å². The molecule has 0 fully saturated rings. The molecule has 0 saturated carbocycles. The van der Waals surface area contributed by atoms with Crippen molar-refractivity contribution in [2.45, 2.75) is 11.8 Å². The number of carboxylic acid groups (broad SMARTS) is 1. The molecular weight excluding hydrogens is 306 g/mol. The predicted molar refractivity (Wildman–Crippen MR) is 81.9 cm³/mol. The number of ether oxygens (including phenoxy) is 1. The molecule has 0 bridgehead atoms. The summed E-state index contributed by atoms with van der Waals surface area (Å²) in [4.78, 5) is 11.3. The first-order valence-corrected chi connectivity index (χ1v) is 7.83. The number of anilines is 1. The smallest absolute Gasteiger partial charge is 0.338 e. The number of carbonyl (C=O) groups is 1. The third-order valence-electron chi connectivity index (χ3n) is 3.10. The van der Waals surface area contributed by atoms with Gasteiger partial charge < -0.3 is 9.84 Å². The summed E-state index contributed by atoms with van der Waals surface area (Å²) in [6.07, 6.45) is 0. The van der Waals surface area contributed by atoms with Gasteiger partial charge >= 0.3 is 5.97 Å². The average Bonchev–Trinajstić information content (AvgIpc) is 2.46. The molecular formula is C15H15NO5S. The zero-order valence-electron chi connectivity index (χ0n) is 12.0. The Morgan fingerprint density at radius 1 is 1.14 bits per heavy atom. The van der Waals surface area contributed by atoms with Crippen LogP contribution in [0.1, 0.15) is 15.9 Å². The van der Waals surface area contributed by atoms with Crippen molar-refractivity contribution in [1.29, 1.82) is 0 Å². The van der Waals surface area contributed by atoms with Gasteiger partial charge in [0.1, 0.15) is 5.75 Å². The third kappa shape index (κ3) is 3.20. The van der Waals surface area contributed by atoms with Crippen LogP contribution < -0.4 is 9.46 Å². The highest BCUT2D eigenvalue weighted by molar-refractivity contribution is 7.92. The van der Waals surface area contributed by atoms with Crippen LogP contribution in [0, 0.1) is 6.92 Å². The van der Waals surface area contributed by atoms with E-state index in [9.17, 15) is 18.3 Å². The van der Waals surface area contributed by atoms with Crippen LogP contribution in [-0.4, -0.2) is 26.6 Å². The number of sulfonamides is 1. The van der Waals surface area contributed by atoms with E-state index < -0.39 is 16.0 Å². The number of carboxylic acids is 1. The van der Waals surface area contributed by atoms with E-state index in [1.165, 1.54) is 37.4 Å². The van der Waals surface area contributed by atoms with E-state index in [1.54, 1.807) is 19.1 Å². The van der Waals surface area contributed by atoms with Gasteiger partial charge in [0.2, 0.25) is 0 Å². The number of hydrogen-bond donors (Lipinski definition) is 2. The molecule has 0 unspecified atom stereocenters. The number of benzene rings is 2. The van der Waals surface area contributed by atoms with Crippen LogP contribution in [-0.2, 0) is 10.0 Å². The molecule has 2 aromatic rings. The molecule has 0 aromatic heterocycles. The molecule has 0 atom stereocenters. The van der Waals surface area contributed by atoms with E-state index in [1.807, 2.05) is 0 Å². The summed E-state index contributed by atoms with van der Waals surface area (Å²) in [5.74, 6) is -0.661. The highest BCUT2D eigenvalue weighted by atomic mass is 32.2. The van der Waals surface area contributed by atoms with Crippen LogP contribution in [0.3, 0.4) is 0 Å². The molecule has 116 valence electrons. The third-order valence-corrected chi connectivity index (χ3v) is 4.48. The van der Waals surface area contributed by atoms with E-state index in [2.05, 4.69) is 4.72 Å². The molecule has 7 heteroatoms. The first kappa shape index (κ1) is 15.8. The fourth-order valence-electron chi connectivity index (χ4n) is 2.00. The van der Waals surface area contributed by atoms with Gasteiger partial charge in [0, 0.05) is 0 Å². The van der Waals surface area contributed by atoms with Gasteiger partial charge in [0.05, 0.1) is 23.3 Å². The van der Waals surface area contributed by atoms with E-state index >= 15 is 0 Å². The van der Waals surface area contributed by atoms with Gasteiger partial charge in [-0.15, -0.1) is 0 Å². The molecule has 0 heterocycles. The van der Waals surface area contributed by atoms with Gasteiger partial charge in [0.15, 0.2) is 0 Å². The summed E-state index contributed by atoms with van der Waals surface area (Å²) in [6.45, 7) is 1.61. The summed E-state index contributed by atoms with van der Waals surface area (Å²) in [6, 6.07) is 10.4. The van der Waals surface area contributed by atoms with E-state index in [-0.39, 0.29) is 16.1 Å². The fraction of sp³-hybridized carbons (Fsp3) is 0.133. The standard InChI is InChI=1S/C15H15NO5S/c1-10-4-3-5-13(14(10)15(17)18)16-22(19,20)12-8-6-11(21-2)7-9-12/h3-9,16H,1-2H3,(H,17,18). The van der Waals surface area contributed by atoms with Crippen molar-refractivity contribution in [1.82, 2.24) is 0 Å². The molecule has 6 nitrogen and oxygen atoms in total. The SMILES string of the molecule is COc1ccc(S(=O)(=O)Nc2cccc(C)c2C(=O)O)cc1. The number of hydrogen-bond acceptors (Lipinski definition) is 4. The highest BCUT2D eigenvalue weighted by Crippen LogP contribution is 2.24. The Balaban J connectivity index is 2.40. The van der Waals surface area contributed by atoms with Crippen LogP contribution in [0.4, 0.5) is 5.69 Å². The maximum absolute atomic E-state index is 12.3. The lowest BCUT2D eigenvalue weighted by Crippen LogP contribution is -2.16. The van der Waals surface area contributed by atoms with Crippen molar-refractivity contribution in [3.05, 3.63) is 53.6 Å². The molecule has 2 aromatic carbocycles. The average molecular weight is 321 g/mol. The maximum atomic E-state index is 12.3. The summed E-state index contributed by atoms with van der Waals surface area (Å²) >= 11 is 0. The second kappa shape index (κ2) is 6.07. The molecule has 2 rings (SSSR count). The monoisotopic (exact) mass is 321 g/mol. The molecule has 0 amide bonds. The van der Waals surface area contributed by atoms with Crippen LogP contribution in [0.15, 0.2) is 47.4 Å². The molecule has 0 radical (unpaired) electrons. The van der Waals surface area contributed by atoms with Gasteiger partial charge in [-0.1, -0.05) is 12.1 Å². The van der Waals surface area contributed by atoms with Crippen LogP contribution in [0.2, 0.25) is 0 Å². The minimum absolute atomic E-state index is 0.0196. The molecule has 0 aliphatic rings. The number of methoxy groups -OCH3 is 1. The van der Waals surface area contributed by atoms with Crippen LogP contribution in [0.25, 0.3) is 0 Å². The Bertz CT molecular complexity index is 797. The normalized spacial score (nSPS) is 11.0. The van der Waals surface area contributed by atoms with Crippen molar-refractivity contribution in [2.75, 3.05) is 11.8 Å². The Morgan fingerprint density at radius 3 is 2.32 bits per heavy atom.